The van der Waals surface area contributed by atoms with Crippen LogP contribution in [0.1, 0.15) is 49.7 Å². The minimum atomic E-state index is -0.689. The van der Waals surface area contributed by atoms with Gasteiger partial charge in [0.2, 0.25) is 5.78 Å². The molecule has 2 aromatic carbocycles. The fourth-order valence-electron chi connectivity index (χ4n) is 5.10. The van der Waals surface area contributed by atoms with Crippen molar-refractivity contribution in [3.8, 4) is 0 Å². The number of ketones is 1. The second kappa shape index (κ2) is 8.64. The third-order valence-corrected chi connectivity index (χ3v) is 8.23. The van der Waals surface area contributed by atoms with Crippen LogP contribution >= 0.6 is 27.3 Å². The van der Waals surface area contributed by atoms with Crippen molar-refractivity contribution in [1.29, 1.82) is 0 Å². The molecule has 0 N–H and O–H groups in total. The van der Waals surface area contributed by atoms with Gasteiger partial charge in [0.25, 0.3) is 0 Å². The first-order chi connectivity index (χ1) is 16.1. The summed E-state index contributed by atoms with van der Waals surface area (Å²) in [5, 5.41) is 3.16. The number of carbonyl (C=O) groups excluding carboxylic acids is 3. The van der Waals surface area contributed by atoms with Gasteiger partial charge in [-0.3, -0.25) is 9.69 Å². The van der Waals surface area contributed by atoms with Crippen LogP contribution in [0, 0.1) is 5.92 Å². The Hall–Kier alpha value is -2.45. The fourth-order valence-corrected chi connectivity index (χ4v) is 6.59. The van der Waals surface area contributed by atoms with Gasteiger partial charge in [-0.05, 0) is 80.3 Å². The van der Waals surface area contributed by atoms with Crippen molar-refractivity contribution in [2.24, 2.45) is 5.92 Å². The first-order valence-corrected chi connectivity index (χ1v) is 13.0. The molecule has 2 fully saturated rings. The van der Waals surface area contributed by atoms with E-state index in [2.05, 4.69) is 15.9 Å². The highest BCUT2D eigenvalue weighted by Crippen LogP contribution is 2.43. The van der Waals surface area contributed by atoms with Gasteiger partial charge in [0.15, 0.2) is 6.61 Å². The highest BCUT2D eigenvalue weighted by Gasteiger charge is 2.53. The van der Waals surface area contributed by atoms with E-state index in [1.54, 1.807) is 20.8 Å². The lowest BCUT2D eigenvalue weighted by Crippen LogP contribution is -2.51. The summed E-state index contributed by atoms with van der Waals surface area (Å²) in [6.45, 7) is 5.07. The number of amides is 1. The summed E-state index contributed by atoms with van der Waals surface area (Å²) in [6.07, 6.45) is 2.01. The molecule has 178 valence electrons. The number of hydrogen-bond acceptors (Lipinski definition) is 6. The number of piperidine rings is 1. The lowest BCUT2D eigenvalue weighted by molar-refractivity contribution is -0.150. The molecule has 34 heavy (non-hydrogen) atoms. The van der Waals surface area contributed by atoms with E-state index in [1.165, 1.54) is 16.2 Å². The lowest BCUT2D eigenvalue weighted by atomic mass is 9.99. The number of thiophene rings is 1. The first-order valence-electron chi connectivity index (χ1n) is 11.4. The van der Waals surface area contributed by atoms with Crippen LogP contribution in [0.3, 0.4) is 0 Å². The van der Waals surface area contributed by atoms with Crippen LogP contribution < -0.4 is 0 Å². The molecule has 1 aliphatic carbocycles. The minimum Gasteiger partial charge on any atom is -0.456 e. The largest absolute Gasteiger partial charge is 0.456 e. The number of benzene rings is 2. The molecule has 1 saturated heterocycles. The van der Waals surface area contributed by atoms with E-state index >= 15 is 0 Å². The molecule has 2 aliphatic rings. The molecule has 3 aromatic rings. The third-order valence-electron chi connectivity index (χ3n) is 6.51. The van der Waals surface area contributed by atoms with E-state index in [9.17, 15) is 14.4 Å². The molecule has 0 spiro atoms. The summed E-state index contributed by atoms with van der Waals surface area (Å²) in [6, 6.07) is 11.2. The Morgan fingerprint density at radius 1 is 1.09 bits per heavy atom. The van der Waals surface area contributed by atoms with Gasteiger partial charge in [0.1, 0.15) is 11.6 Å². The van der Waals surface area contributed by atoms with Gasteiger partial charge in [-0.1, -0.05) is 34.1 Å². The lowest BCUT2D eigenvalue weighted by Gasteiger charge is -2.34. The molecule has 2 bridgehead atoms. The van der Waals surface area contributed by atoms with Crippen molar-refractivity contribution in [2.75, 3.05) is 6.61 Å². The quantitative estimate of drug-likeness (QED) is 0.284. The van der Waals surface area contributed by atoms with Crippen LogP contribution in [0.4, 0.5) is 4.79 Å². The molecular formula is C26H26BrNO5S. The maximum atomic E-state index is 13.0. The molecule has 1 aromatic heterocycles. The van der Waals surface area contributed by atoms with Gasteiger partial charge in [0, 0.05) is 15.2 Å². The molecule has 3 atom stereocenters. The summed E-state index contributed by atoms with van der Waals surface area (Å²) >= 11 is 4.90. The molecule has 5 rings (SSSR count). The maximum absolute atomic E-state index is 13.0. The maximum Gasteiger partial charge on any atom is 0.411 e. The Kier molecular flexibility index (Phi) is 5.92. The molecule has 6 nitrogen and oxygen atoms in total. The van der Waals surface area contributed by atoms with E-state index in [-0.39, 0.29) is 24.3 Å². The second-order valence-electron chi connectivity index (χ2n) is 10.1. The van der Waals surface area contributed by atoms with Crippen LogP contribution in [0.5, 0.6) is 0 Å². The van der Waals surface area contributed by atoms with E-state index in [4.69, 9.17) is 9.47 Å². The zero-order chi connectivity index (χ0) is 24.2. The van der Waals surface area contributed by atoms with Crippen LogP contribution in [-0.4, -0.2) is 47.0 Å². The first kappa shape index (κ1) is 23.3. The number of likely N-dealkylation sites (tertiary alicyclic amines) is 1. The van der Waals surface area contributed by atoms with Crippen molar-refractivity contribution < 1.29 is 23.9 Å². The second-order valence-corrected chi connectivity index (χ2v) is 12.0. The highest BCUT2D eigenvalue weighted by atomic mass is 79.9. The molecule has 3 unspecified atom stereocenters. The molecule has 2 heterocycles. The number of Topliss-reactive ketones (excluding diaryl/α,β-unsaturated/α-hetero) is 1. The minimum absolute atomic E-state index is 0.0102. The Balaban J connectivity index is 1.30. The van der Waals surface area contributed by atoms with Gasteiger partial charge in [-0.15, -0.1) is 11.3 Å². The van der Waals surface area contributed by atoms with Gasteiger partial charge in [-0.25, -0.2) is 9.59 Å². The number of halogens is 1. The summed E-state index contributed by atoms with van der Waals surface area (Å²) in [5.41, 5.74) is -0.648. The zero-order valence-corrected chi connectivity index (χ0v) is 21.7. The van der Waals surface area contributed by atoms with Gasteiger partial charge < -0.3 is 9.47 Å². The zero-order valence-electron chi connectivity index (χ0n) is 19.3. The summed E-state index contributed by atoms with van der Waals surface area (Å²) in [4.78, 5) is 40.8. The van der Waals surface area contributed by atoms with Gasteiger partial charge in [-0.2, -0.15) is 0 Å². The van der Waals surface area contributed by atoms with Crippen LogP contribution in [0.25, 0.3) is 20.9 Å². The van der Waals surface area contributed by atoms with Crippen LogP contribution in [0.15, 0.2) is 40.9 Å². The predicted molar refractivity (Wildman–Crippen MR) is 135 cm³/mol. The average Bonchev–Trinajstić information content (AvgIpc) is 3.49. The average molecular weight is 544 g/mol. The SMILES string of the molecule is CC(C)(C)OC(=O)N1C2CCC(C2)C1C(=O)OCC(=O)c1cc2ccc3cc(Br)ccc3c2s1. The Morgan fingerprint density at radius 3 is 2.62 bits per heavy atom. The molecule has 8 heteroatoms. The third kappa shape index (κ3) is 4.33. The summed E-state index contributed by atoms with van der Waals surface area (Å²) < 4.78 is 13.0. The number of fused-ring (bicyclic) bond motifs is 5. The number of carbonyl (C=O) groups is 3. The van der Waals surface area contributed by atoms with E-state index in [0.717, 1.165) is 44.6 Å². The molecule has 0 radical (unpaired) electrons. The van der Waals surface area contributed by atoms with Crippen molar-refractivity contribution in [3.63, 3.8) is 0 Å². The van der Waals surface area contributed by atoms with Gasteiger partial charge in [0.05, 0.1) is 4.88 Å². The number of rotatable bonds is 4. The summed E-state index contributed by atoms with van der Waals surface area (Å²) in [7, 11) is 0. The van der Waals surface area contributed by atoms with Crippen molar-refractivity contribution in [2.45, 2.75) is 57.7 Å². The predicted octanol–water partition coefficient (Wildman–Crippen LogP) is 6.33. The normalized spacial score (nSPS) is 21.9. The van der Waals surface area contributed by atoms with Crippen molar-refractivity contribution >= 4 is 66.0 Å². The van der Waals surface area contributed by atoms with Crippen molar-refractivity contribution in [1.82, 2.24) is 4.90 Å². The van der Waals surface area contributed by atoms with Crippen molar-refractivity contribution in [3.05, 3.63) is 45.7 Å². The van der Waals surface area contributed by atoms with E-state index < -0.39 is 23.7 Å². The Bertz CT molecular complexity index is 1310. The number of hydrogen-bond donors (Lipinski definition) is 0. The Morgan fingerprint density at radius 2 is 1.85 bits per heavy atom. The van der Waals surface area contributed by atoms with E-state index in [0.29, 0.717) is 4.88 Å². The number of ether oxygens (including phenoxy) is 2. The highest BCUT2D eigenvalue weighted by molar-refractivity contribution is 9.10. The monoisotopic (exact) mass is 543 g/mol. The fraction of sp³-hybridized carbons (Fsp3) is 0.423. The van der Waals surface area contributed by atoms with Gasteiger partial charge >= 0.3 is 12.1 Å². The molecule has 1 aliphatic heterocycles. The smallest absolute Gasteiger partial charge is 0.411 e. The van der Waals surface area contributed by atoms with Crippen LogP contribution in [-0.2, 0) is 14.3 Å². The Labute approximate surface area is 210 Å². The molecule has 1 amide bonds. The summed E-state index contributed by atoms with van der Waals surface area (Å²) in [5.74, 6) is -0.718. The van der Waals surface area contributed by atoms with Crippen LogP contribution in [0.2, 0.25) is 0 Å². The molecular weight excluding hydrogens is 518 g/mol. The van der Waals surface area contributed by atoms with E-state index in [1.807, 2.05) is 36.4 Å². The molecule has 1 saturated carbocycles. The number of nitrogens with zero attached hydrogens (tertiary/aromatic N) is 1. The number of esters is 1. The standard InChI is InChI=1S/C26H26BrNO5S/c1-26(2,3)33-25(31)28-18-8-6-15(11-18)22(28)24(30)32-13-20(29)21-12-16-5-4-14-10-17(27)7-9-19(14)23(16)34-21/h4-5,7,9-10,12,15,18,22H,6,8,11,13H2,1-3H3. The topological polar surface area (TPSA) is 72.9 Å².